The second-order valence-electron chi connectivity index (χ2n) is 8.25. The van der Waals surface area contributed by atoms with Crippen LogP contribution in [0.1, 0.15) is 28.0 Å². The molecule has 1 heterocycles. The fraction of sp³-hybridized carbons (Fsp3) is 0.143. The van der Waals surface area contributed by atoms with Gasteiger partial charge in [0.25, 0.3) is 0 Å². The number of carbonyl (C=O) groups excluding carboxylic acids is 1. The molecule has 1 unspecified atom stereocenters. The quantitative estimate of drug-likeness (QED) is 0.436. The second-order valence-corrected chi connectivity index (χ2v) is 9.10. The molecule has 0 amide bonds. The minimum atomic E-state index is -0.115. The van der Waals surface area contributed by atoms with Crippen molar-refractivity contribution < 1.29 is 4.79 Å². The second kappa shape index (κ2) is 7.44. The summed E-state index contributed by atoms with van der Waals surface area (Å²) in [7, 11) is 0. The van der Waals surface area contributed by atoms with Gasteiger partial charge in [0.15, 0.2) is 5.78 Å². The monoisotopic (exact) mass is 419 g/mol. The van der Waals surface area contributed by atoms with Gasteiger partial charge in [-0.3, -0.25) is 4.79 Å². The molecule has 0 N–H and O–H groups in total. The molecule has 0 saturated carbocycles. The van der Waals surface area contributed by atoms with Gasteiger partial charge in [-0.15, -0.1) is 11.3 Å². The van der Waals surface area contributed by atoms with Gasteiger partial charge >= 0.3 is 0 Å². The number of ketones is 1. The fourth-order valence-electron chi connectivity index (χ4n) is 4.82. The van der Waals surface area contributed by atoms with Crippen molar-refractivity contribution in [1.82, 2.24) is 4.98 Å². The molecule has 3 aromatic carbocycles. The number of thiazole rings is 1. The van der Waals surface area contributed by atoms with Crippen molar-refractivity contribution in [2.75, 3.05) is 0 Å². The summed E-state index contributed by atoms with van der Waals surface area (Å²) in [5.74, 6) is 0.0215. The van der Waals surface area contributed by atoms with E-state index in [2.05, 4.69) is 53.5 Å². The van der Waals surface area contributed by atoms with Gasteiger partial charge in [-0.05, 0) is 52.0 Å². The molecule has 2 nitrogen and oxygen atoms in total. The Hall–Kier alpha value is -3.30. The van der Waals surface area contributed by atoms with Gasteiger partial charge in [0.2, 0.25) is 0 Å². The van der Waals surface area contributed by atoms with E-state index in [1.54, 1.807) is 11.3 Å². The van der Waals surface area contributed by atoms with E-state index >= 15 is 0 Å². The zero-order valence-corrected chi connectivity index (χ0v) is 17.9. The van der Waals surface area contributed by atoms with Crippen molar-refractivity contribution in [2.24, 2.45) is 5.92 Å². The van der Waals surface area contributed by atoms with Gasteiger partial charge in [-0.25, -0.2) is 4.98 Å². The highest BCUT2D eigenvalue weighted by Crippen LogP contribution is 2.28. The lowest BCUT2D eigenvalue weighted by atomic mass is 9.83. The number of fused-ring (bicyclic) bond motifs is 5. The van der Waals surface area contributed by atoms with Crippen LogP contribution in [0.15, 0.2) is 72.1 Å². The predicted molar refractivity (Wildman–Crippen MR) is 127 cm³/mol. The Balaban J connectivity index is 1.39. The summed E-state index contributed by atoms with van der Waals surface area (Å²) in [6, 6.07) is 23.2. The topological polar surface area (TPSA) is 30.0 Å². The lowest BCUT2D eigenvalue weighted by Gasteiger charge is -2.21. The summed E-state index contributed by atoms with van der Waals surface area (Å²) in [4.78, 5) is 18.0. The van der Waals surface area contributed by atoms with Crippen molar-refractivity contribution in [3.8, 4) is 21.7 Å². The number of benzene rings is 3. The minimum Gasteiger partial charge on any atom is -0.292 e. The van der Waals surface area contributed by atoms with Gasteiger partial charge in [0, 0.05) is 16.9 Å². The molecule has 150 valence electrons. The third-order valence-corrected chi connectivity index (χ3v) is 7.31. The van der Waals surface area contributed by atoms with E-state index in [1.807, 2.05) is 35.7 Å². The SMILES string of the molecule is O=C(c1csc(-c2ccccc2)n1)C1C=c2c(ccc3c2=CCc2ccccc2-3)CC1. The standard InChI is InChI=1S/C28H21NOS/c30-27(26-17-31-28(29-26)20-7-2-1-3-8-20)21-11-10-19-13-14-23-22-9-5-4-6-18(22)12-15-24(23)25(19)16-21/h1-9,13-17,21H,10-12H2. The molecule has 0 fully saturated rings. The van der Waals surface area contributed by atoms with E-state index in [0.717, 1.165) is 29.8 Å². The largest absolute Gasteiger partial charge is 0.292 e. The Morgan fingerprint density at radius 3 is 2.61 bits per heavy atom. The maximum absolute atomic E-state index is 13.3. The molecule has 0 saturated heterocycles. The van der Waals surface area contributed by atoms with Crippen LogP contribution in [0.5, 0.6) is 0 Å². The number of carbonyl (C=O) groups is 1. The number of rotatable bonds is 3. The highest BCUT2D eigenvalue weighted by atomic mass is 32.1. The van der Waals surface area contributed by atoms with Gasteiger partial charge in [-0.2, -0.15) is 0 Å². The van der Waals surface area contributed by atoms with E-state index in [-0.39, 0.29) is 11.7 Å². The van der Waals surface area contributed by atoms with Crippen molar-refractivity contribution >= 4 is 29.3 Å². The van der Waals surface area contributed by atoms with Crippen molar-refractivity contribution in [3.63, 3.8) is 0 Å². The average molecular weight is 420 g/mol. The summed E-state index contributed by atoms with van der Waals surface area (Å²) in [6.45, 7) is 0. The molecule has 1 aromatic heterocycles. The average Bonchev–Trinajstić information content (AvgIpc) is 3.34. The molecule has 1 atom stereocenters. The zero-order valence-electron chi connectivity index (χ0n) is 17.0. The molecule has 31 heavy (non-hydrogen) atoms. The molecule has 0 aliphatic heterocycles. The summed E-state index contributed by atoms with van der Waals surface area (Å²) in [5.41, 5.74) is 6.97. The Labute approximate surface area is 185 Å². The van der Waals surface area contributed by atoms with E-state index in [4.69, 9.17) is 0 Å². The van der Waals surface area contributed by atoms with E-state index < -0.39 is 0 Å². The molecular formula is C28H21NOS. The molecule has 6 rings (SSSR count). The molecule has 0 spiro atoms. The van der Waals surface area contributed by atoms with Gasteiger partial charge in [0.05, 0.1) is 0 Å². The number of hydrogen-bond acceptors (Lipinski definition) is 3. The highest BCUT2D eigenvalue weighted by molar-refractivity contribution is 7.13. The van der Waals surface area contributed by atoms with Crippen LogP contribution in [-0.2, 0) is 12.8 Å². The van der Waals surface area contributed by atoms with Crippen LogP contribution in [0.3, 0.4) is 0 Å². The first-order valence-electron chi connectivity index (χ1n) is 10.8. The lowest BCUT2D eigenvalue weighted by Crippen LogP contribution is -2.37. The Bertz CT molecular complexity index is 1430. The van der Waals surface area contributed by atoms with E-state index in [1.165, 1.54) is 32.7 Å². The molecule has 2 aliphatic carbocycles. The van der Waals surface area contributed by atoms with Gasteiger partial charge < -0.3 is 0 Å². The fourth-order valence-corrected chi connectivity index (χ4v) is 5.63. The van der Waals surface area contributed by atoms with Gasteiger partial charge in [0.1, 0.15) is 10.7 Å². The molecule has 2 aliphatic rings. The number of nitrogens with zero attached hydrogens (tertiary/aromatic N) is 1. The minimum absolute atomic E-state index is 0.115. The van der Waals surface area contributed by atoms with Crippen LogP contribution in [0.2, 0.25) is 0 Å². The normalized spacial score (nSPS) is 16.3. The van der Waals surface area contributed by atoms with Crippen molar-refractivity contribution in [1.29, 1.82) is 0 Å². The van der Waals surface area contributed by atoms with Crippen LogP contribution in [0.4, 0.5) is 0 Å². The smallest absolute Gasteiger partial charge is 0.188 e. The number of hydrogen-bond donors (Lipinski definition) is 0. The van der Waals surface area contributed by atoms with Crippen LogP contribution in [0, 0.1) is 5.92 Å². The summed E-state index contributed by atoms with van der Waals surface area (Å²) < 4.78 is 0. The van der Waals surface area contributed by atoms with Crippen molar-refractivity contribution in [3.05, 3.63) is 99.4 Å². The zero-order chi connectivity index (χ0) is 20.8. The van der Waals surface area contributed by atoms with Crippen molar-refractivity contribution in [2.45, 2.75) is 19.3 Å². The Kier molecular flexibility index (Phi) is 4.43. The summed E-state index contributed by atoms with van der Waals surface area (Å²) in [6.07, 6.45) is 7.25. The number of aromatic nitrogens is 1. The van der Waals surface area contributed by atoms with Gasteiger partial charge in [-0.1, -0.05) is 78.9 Å². The third kappa shape index (κ3) is 3.17. The Morgan fingerprint density at radius 2 is 1.71 bits per heavy atom. The van der Waals surface area contributed by atoms with E-state index in [0.29, 0.717) is 5.69 Å². The number of aryl methyl sites for hydroxylation is 1. The first-order valence-corrected chi connectivity index (χ1v) is 11.6. The first kappa shape index (κ1) is 18.5. The van der Waals surface area contributed by atoms with Crippen LogP contribution in [0.25, 0.3) is 33.9 Å². The maximum atomic E-state index is 13.3. The summed E-state index contributed by atoms with van der Waals surface area (Å²) >= 11 is 1.54. The molecule has 0 radical (unpaired) electrons. The van der Waals surface area contributed by atoms with Crippen LogP contribution in [-0.4, -0.2) is 10.8 Å². The predicted octanol–water partition coefficient (Wildman–Crippen LogP) is 5.04. The first-order chi connectivity index (χ1) is 15.3. The molecule has 4 aromatic rings. The lowest BCUT2D eigenvalue weighted by molar-refractivity contribution is 0.0942. The number of Topliss-reactive ketones (excluding diaryl/α,β-unsaturated/α-hetero) is 1. The van der Waals surface area contributed by atoms with Crippen LogP contribution < -0.4 is 10.4 Å². The van der Waals surface area contributed by atoms with Crippen LogP contribution >= 0.6 is 11.3 Å². The molecule has 3 heteroatoms. The maximum Gasteiger partial charge on any atom is 0.188 e. The highest BCUT2D eigenvalue weighted by Gasteiger charge is 2.24. The molecular weight excluding hydrogens is 398 g/mol. The summed E-state index contributed by atoms with van der Waals surface area (Å²) in [5, 5.41) is 5.35. The molecule has 0 bridgehead atoms. The van der Waals surface area contributed by atoms with E-state index in [9.17, 15) is 4.79 Å². The Morgan fingerprint density at radius 1 is 0.871 bits per heavy atom. The third-order valence-electron chi connectivity index (χ3n) is 6.42.